The number of hydrogen-bond acceptors (Lipinski definition) is 4. The summed E-state index contributed by atoms with van der Waals surface area (Å²) in [4.78, 5) is 8.39. The highest BCUT2D eigenvalue weighted by Crippen LogP contribution is 2.30. The second-order valence-electron chi connectivity index (χ2n) is 7.09. The summed E-state index contributed by atoms with van der Waals surface area (Å²) < 4.78 is 0. The van der Waals surface area contributed by atoms with Gasteiger partial charge in [-0.1, -0.05) is 27.7 Å². The summed E-state index contributed by atoms with van der Waals surface area (Å²) in [6, 6.07) is 0. The van der Waals surface area contributed by atoms with Crippen LogP contribution in [0.3, 0.4) is 0 Å². The van der Waals surface area contributed by atoms with E-state index >= 15 is 0 Å². The molecule has 1 atom stereocenters. The monoisotopic (exact) mass is 296 g/mol. The predicted octanol–water partition coefficient (Wildman–Crippen LogP) is 3.21. The zero-order valence-electron chi connectivity index (χ0n) is 13.3. The second kappa shape index (κ2) is 6.54. The van der Waals surface area contributed by atoms with Gasteiger partial charge in [0.1, 0.15) is 0 Å². The number of likely N-dealkylation sites (tertiary alicyclic amines) is 1. The van der Waals surface area contributed by atoms with E-state index in [9.17, 15) is 5.11 Å². The SMILES string of the molecule is CC1CCCN(CCc2nc(C(C)(C)C)c(CO)s2)C1. The number of aromatic nitrogens is 1. The Labute approximate surface area is 127 Å². The van der Waals surface area contributed by atoms with Crippen molar-refractivity contribution in [2.45, 2.75) is 59.0 Å². The smallest absolute Gasteiger partial charge is 0.0945 e. The van der Waals surface area contributed by atoms with Gasteiger partial charge in [0.25, 0.3) is 0 Å². The van der Waals surface area contributed by atoms with Crippen molar-refractivity contribution in [3.8, 4) is 0 Å². The van der Waals surface area contributed by atoms with E-state index in [0.29, 0.717) is 0 Å². The van der Waals surface area contributed by atoms with E-state index in [-0.39, 0.29) is 12.0 Å². The highest BCUT2D eigenvalue weighted by Gasteiger charge is 2.23. The van der Waals surface area contributed by atoms with Crippen molar-refractivity contribution in [2.24, 2.45) is 5.92 Å². The molecule has 2 rings (SSSR count). The Bertz CT molecular complexity index is 436. The average Bonchev–Trinajstić information content (AvgIpc) is 2.80. The maximum atomic E-state index is 9.51. The van der Waals surface area contributed by atoms with Crippen molar-refractivity contribution in [1.82, 2.24) is 9.88 Å². The number of piperidine rings is 1. The van der Waals surface area contributed by atoms with E-state index in [0.717, 1.165) is 29.5 Å². The lowest BCUT2D eigenvalue weighted by atomic mass is 9.91. The second-order valence-corrected chi connectivity index (χ2v) is 8.25. The normalized spacial score (nSPS) is 21.4. The molecular weight excluding hydrogens is 268 g/mol. The molecule has 4 heteroatoms. The molecule has 1 N–H and O–H groups in total. The van der Waals surface area contributed by atoms with Gasteiger partial charge < -0.3 is 10.0 Å². The van der Waals surface area contributed by atoms with Crippen LogP contribution in [0.15, 0.2) is 0 Å². The van der Waals surface area contributed by atoms with Crippen molar-refractivity contribution in [2.75, 3.05) is 19.6 Å². The van der Waals surface area contributed by atoms with E-state index in [1.165, 1.54) is 30.9 Å². The lowest BCUT2D eigenvalue weighted by Gasteiger charge is -2.30. The highest BCUT2D eigenvalue weighted by atomic mass is 32.1. The molecule has 114 valence electrons. The lowest BCUT2D eigenvalue weighted by molar-refractivity contribution is 0.186. The van der Waals surface area contributed by atoms with Crippen molar-refractivity contribution in [1.29, 1.82) is 0 Å². The van der Waals surface area contributed by atoms with Crippen LogP contribution in [0.25, 0.3) is 0 Å². The highest BCUT2D eigenvalue weighted by molar-refractivity contribution is 7.11. The molecule has 3 nitrogen and oxygen atoms in total. The number of nitrogens with zero attached hydrogens (tertiary/aromatic N) is 2. The number of rotatable bonds is 4. The fraction of sp³-hybridized carbons (Fsp3) is 0.812. The molecule has 1 saturated heterocycles. The minimum absolute atomic E-state index is 0.0203. The molecule has 0 aromatic carbocycles. The summed E-state index contributed by atoms with van der Waals surface area (Å²) in [5, 5.41) is 10.7. The Hall–Kier alpha value is -0.450. The van der Waals surface area contributed by atoms with Crippen LogP contribution in [0.4, 0.5) is 0 Å². The molecule has 1 aliphatic rings. The van der Waals surface area contributed by atoms with Crippen LogP contribution in [-0.2, 0) is 18.4 Å². The van der Waals surface area contributed by atoms with Crippen molar-refractivity contribution in [3.63, 3.8) is 0 Å². The molecule has 1 aromatic rings. The third-order valence-corrected chi connectivity index (χ3v) is 5.08. The van der Waals surface area contributed by atoms with Crippen LogP contribution >= 0.6 is 11.3 Å². The third-order valence-electron chi connectivity index (χ3n) is 3.98. The fourth-order valence-corrected chi connectivity index (χ4v) is 4.07. The van der Waals surface area contributed by atoms with E-state index < -0.39 is 0 Å². The quantitative estimate of drug-likeness (QED) is 0.927. The molecule has 0 radical (unpaired) electrons. The van der Waals surface area contributed by atoms with Crippen molar-refractivity contribution >= 4 is 11.3 Å². The molecule has 1 unspecified atom stereocenters. The lowest BCUT2D eigenvalue weighted by Crippen LogP contribution is -2.35. The minimum Gasteiger partial charge on any atom is -0.391 e. The number of hydrogen-bond donors (Lipinski definition) is 1. The van der Waals surface area contributed by atoms with Gasteiger partial charge in [-0.3, -0.25) is 0 Å². The van der Waals surface area contributed by atoms with E-state index in [1.54, 1.807) is 11.3 Å². The first-order valence-corrected chi connectivity index (χ1v) is 8.54. The average molecular weight is 296 g/mol. The summed E-state index contributed by atoms with van der Waals surface area (Å²) in [5.41, 5.74) is 1.10. The molecule has 0 aliphatic carbocycles. The topological polar surface area (TPSA) is 36.4 Å². The van der Waals surface area contributed by atoms with Gasteiger partial charge in [-0.25, -0.2) is 4.98 Å². The Balaban J connectivity index is 1.98. The minimum atomic E-state index is 0.0203. The van der Waals surface area contributed by atoms with Crippen LogP contribution < -0.4 is 0 Å². The van der Waals surface area contributed by atoms with Crippen molar-refractivity contribution in [3.05, 3.63) is 15.6 Å². The fourth-order valence-electron chi connectivity index (χ4n) is 2.94. The summed E-state index contributed by atoms with van der Waals surface area (Å²) in [6.07, 6.45) is 3.71. The van der Waals surface area contributed by atoms with Crippen LogP contribution in [0, 0.1) is 5.92 Å². The molecule has 0 saturated carbocycles. The molecule has 0 spiro atoms. The predicted molar refractivity (Wildman–Crippen MR) is 85.3 cm³/mol. The molecule has 1 aliphatic heterocycles. The van der Waals surface area contributed by atoms with Gasteiger partial charge in [0.05, 0.1) is 22.2 Å². The number of aliphatic hydroxyl groups is 1. The van der Waals surface area contributed by atoms with Gasteiger partial charge in [0.2, 0.25) is 0 Å². The molecular formula is C16H28N2OS. The van der Waals surface area contributed by atoms with Gasteiger partial charge in [-0.05, 0) is 25.3 Å². The Morgan fingerprint density at radius 3 is 2.70 bits per heavy atom. The first-order chi connectivity index (χ1) is 9.40. The van der Waals surface area contributed by atoms with Crippen LogP contribution in [-0.4, -0.2) is 34.6 Å². The van der Waals surface area contributed by atoms with E-state index in [2.05, 4.69) is 32.6 Å². The Morgan fingerprint density at radius 1 is 1.40 bits per heavy atom. The molecule has 1 fully saturated rings. The maximum Gasteiger partial charge on any atom is 0.0945 e. The maximum absolute atomic E-state index is 9.51. The van der Waals surface area contributed by atoms with Crippen LogP contribution in [0.5, 0.6) is 0 Å². The van der Waals surface area contributed by atoms with Gasteiger partial charge >= 0.3 is 0 Å². The zero-order valence-corrected chi connectivity index (χ0v) is 14.1. The van der Waals surface area contributed by atoms with Gasteiger partial charge in [0.15, 0.2) is 0 Å². The number of thiazole rings is 1. The summed E-state index contributed by atoms with van der Waals surface area (Å²) in [5.74, 6) is 0.832. The van der Waals surface area contributed by atoms with Crippen molar-refractivity contribution < 1.29 is 5.11 Å². The summed E-state index contributed by atoms with van der Waals surface area (Å²) in [6.45, 7) is 12.5. The first kappa shape index (κ1) is 15.9. The molecule has 0 amide bonds. The molecule has 1 aromatic heterocycles. The molecule has 20 heavy (non-hydrogen) atoms. The van der Waals surface area contributed by atoms with Gasteiger partial charge in [-0.2, -0.15) is 0 Å². The first-order valence-electron chi connectivity index (χ1n) is 7.72. The van der Waals surface area contributed by atoms with Crippen LogP contribution in [0.1, 0.15) is 56.1 Å². The standard InChI is InChI=1S/C16H28N2OS/c1-12-6-5-8-18(10-12)9-7-14-17-15(16(2,3)4)13(11-19)20-14/h12,19H,5-11H2,1-4H3. The van der Waals surface area contributed by atoms with E-state index in [4.69, 9.17) is 4.98 Å². The zero-order chi connectivity index (χ0) is 14.8. The Kier molecular flexibility index (Phi) is 5.21. The number of aliphatic hydroxyl groups excluding tert-OH is 1. The van der Waals surface area contributed by atoms with E-state index in [1.807, 2.05) is 0 Å². The summed E-state index contributed by atoms with van der Waals surface area (Å²) in [7, 11) is 0. The Morgan fingerprint density at radius 2 is 2.15 bits per heavy atom. The summed E-state index contributed by atoms with van der Waals surface area (Å²) >= 11 is 1.69. The van der Waals surface area contributed by atoms with Gasteiger partial charge in [-0.15, -0.1) is 11.3 Å². The third kappa shape index (κ3) is 4.03. The molecule has 0 bridgehead atoms. The van der Waals surface area contributed by atoms with Gasteiger partial charge in [0, 0.05) is 24.9 Å². The molecule has 2 heterocycles. The largest absolute Gasteiger partial charge is 0.391 e. The van der Waals surface area contributed by atoms with Crippen LogP contribution in [0.2, 0.25) is 0 Å².